The number of nitrogens with one attached hydrogen (secondary N) is 1. The van der Waals surface area contributed by atoms with Crippen LogP contribution in [0.1, 0.15) is 50.2 Å². The van der Waals surface area contributed by atoms with Crippen molar-refractivity contribution in [2.24, 2.45) is 0 Å². The Hall–Kier alpha value is -0.980. The fourth-order valence-corrected chi connectivity index (χ4v) is 3.06. The van der Waals surface area contributed by atoms with E-state index in [1.54, 1.807) is 0 Å². The molecule has 0 aromatic carbocycles. The van der Waals surface area contributed by atoms with Gasteiger partial charge in [-0.05, 0) is 26.3 Å². The highest BCUT2D eigenvalue weighted by molar-refractivity contribution is 5.06. The summed E-state index contributed by atoms with van der Waals surface area (Å²) in [4.78, 5) is 4.65. The third-order valence-electron chi connectivity index (χ3n) is 4.22. The number of nitrogens with zero attached hydrogens (tertiary/aromatic N) is 2. The average Bonchev–Trinajstić information content (AvgIpc) is 3.00. The normalized spacial score (nSPS) is 26.6. The summed E-state index contributed by atoms with van der Waals surface area (Å²) >= 11 is 0. The van der Waals surface area contributed by atoms with Crippen LogP contribution in [0.25, 0.3) is 0 Å². The second-order valence-corrected chi connectivity index (χ2v) is 5.54. The van der Waals surface area contributed by atoms with Crippen molar-refractivity contribution < 1.29 is 14.0 Å². The molecule has 6 nitrogen and oxygen atoms in total. The van der Waals surface area contributed by atoms with Gasteiger partial charge in [0.1, 0.15) is 5.60 Å². The van der Waals surface area contributed by atoms with Crippen molar-refractivity contribution in [2.75, 3.05) is 32.9 Å². The molecule has 2 aliphatic rings. The van der Waals surface area contributed by atoms with Gasteiger partial charge >= 0.3 is 0 Å². The van der Waals surface area contributed by atoms with E-state index < -0.39 is 5.60 Å². The summed E-state index contributed by atoms with van der Waals surface area (Å²) in [5.74, 6) is 1.78. The van der Waals surface area contributed by atoms with Crippen molar-refractivity contribution in [2.45, 2.75) is 44.1 Å². The van der Waals surface area contributed by atoms with Crippen LogP contribution in [-0.2, 0) is 15.1 Å². The lowest BCUT2D eigenvalue weighted by atomic mass is 9.93. The lowest BCUT2D eigenvalue weighted by Gasteiger charge is -2.33. The molecular weight excluding hydrogens is 258 g/mol. The molecule has 20 heavy (non-hydrogen) atoms. The summed E-state index contributed by atoms with van der Waals surface area (Å²) < 4.78 is 16.9. The first-order chi connectivity index (χ1) is 9.84. The van der Waals surface area contributed by atoms with E-state index >= 15 is 0 Å². The average molecular weight is 281 g/mol. The molecule has 1 aromatic heterocycles. The third-order valence-corrected chi connectivity index (χ3v) is 4.22. The predicted molar refractivity (Wildman–Crippen MR) is 72.5 cm³/mol. The molecule has 0 radical (unpaired) electrons. The van der Waals surface area contributed by atoms with Gasteiger partial charge in [-0.15, -0.1) is 0 Å². The van der Waals surface area contributed by atoms with Crippen LogP contribution in [0.2, 0.25) is 0 Å². The Morgan fingerprint density at radius 1 is 1.40 bits per heavy atom. The predicted octanol–water partition coefficient (Wildman–Crippen LogP) is 1.58. The molecule has 2 saturated heterocycles. The van der Waals surface area contributed by atoms with Crippen molar-refractivity contribution in [3.05, 3.63) is 11.7 Å². The van der Waals surface area contributed by atoms with E-state index in [1.165, 1.54) is 0 Å². The Morgan fingerprint density at radius 3 is 2.95 bits per heavy atom. The van der Waals surface area contributed by atoms with Crippen molar-refractivity contribution in [1.82, 2.24) is 15.5 Å². The summed E-state index contributed by atoms with van der Waals surface area (Å²) in [5, 5.41) is 7.59. The minimum absolute atomic E-state index is 0.337. The number of ether oxygens (including phenoxy) is 2. The van der Waals surface area contributed by atoms with Gasteiger partial charge in [0, 0.05) is 39.2 Å². The molecular formula is C14H23N3O3. The lowest BCUT2D eigenvalue weighted by molar-refractivity contribution is -0.118. The maximum Gasteiger partial charge on any atom is 0.231 e. The maximum absolute atomic E-state index is 5.98. The molecule has 0 aliphatic carbocycles. The number of piperidine rings is 1. The SMILES string of the molecule is CCOC1(c2noc([C@@H]3CCCNC3)n2)CCOCC1. The molecule has 6 heteroatoms. The highest BCUT2D eigenvalue weighted by Crippen LogP contribution is 2.35. The smallest absolute Gasteiger partial charge is 0.231 e. The molecule has 0 saturated carbocycles. The number of hydrogen-bond donors (Lipinski definition) is 1. The fourth-order valence-electron chi connectivity index (χ4n) is 3.06. The largest absolute Gasteiger partial charge is 0.381 e. The van der Waals surface area contributed by atoms with Gasteiger partial charge in [0.25, 0.3) is 0 Å². The molecule has 1 N–H and O–H groups in total. The first-order valence-corrected chi connectivity index (χ1v) is 7.60. The topological polar surface area (TPSA) is 69.4 Å². The molecule has 0 amide bonds. The number of rotatable bonds is 4. The molecule has 3 heterocycles. The summed E-state index contributed by atoms with van der Waals surface area (Å²) in [7, 11) is 0. The van der Waals surface area contributed by atoms with Crippen LogP contribution < -0.4 is 5.32 Å². The second kappa shape index (κ2) is 6.20. The lowest BCUT2D eigenvalue weighted by Crippen LogP contribution is -2.37. The molecule has 1 aromatic rings. The first-order valence-electron chi connectivity index (χ1n) is 7.60. The minimum Gasteiger partial charge on any atom is -0.381 e. The molecule has 3 rings (SSSR count). The van der Waals surface area contributed by atoms with E-state index in [-0.39, 0.29) is 0 Å². The van der Waals surface area contributed by atoms with Crippen molar-refractivity contribution in [3.63, 3.8) is 0 Å². The monoisotopic (exact) mass is 281 g/mol. The van der Waals surface area contributed by atoms with Crippen molar-refractivity contribution in [3.8, 4) is 0 Å². The molecule has 0 bridgehead atoms. The third kappa shape index (κ3) is 2.73. The summed E-state index contributed by atoms with van der Waals surface area (Å²) in [6.07, 6.45) is 3.86. The molecule has 2 fully saturated rings. The summed E-state index contributed by atoms with van der Waals surface area (Å²) in [5.41, 5.74) is -0.420. The van der Waals surface area contributed by atoms with E-state index in [0.717, 1.165) is 44.7 Å². The number of hydrogen-bond acceptors (Lipinski definition) is 6. The quantitative estimate of drug-likeness (QED) is 0.903. The Morgan fingerprint density at radius 2 is 2.25 bits per heavy atom. The van der Waals surface area contributed by atoms with Crippen LogP contribution in [0, 0.1) is 0 Å². The molecule has 0 unspecified atom stereocenters. The highest BCUT2D eigenvalue weighted by atomic mass is 16.5. The van der Waals surface area contributed by atoms with Crippen LogP contribution >= 0.6 is 0 Å². The fraction of sp³-hybridized carbons (Fsp3) is 0.857. The second-order valence-electron chi connectivity index (χ2n) is 5.54. The van der Waals surface area contributed by atoms with E-state index in [0.29, 0.717) is 31.6 Å². The van der Waals surface area contributed by atoms with Gasteiger partial charge in [0.05, 0.1) is 5.92 Å². The Labute approximate surface area is 119 Å². The van der Waals surface area contributed by atoms with E-state index in [1.807, 2.05) is 6.92 Å². The van der Waals surface area contributed by atoms with Gasteiger partial charge < -0.3 is 19.3 Å². The molecule has 1 atom stereocenters. The van der Waals surface area contributed by atoms with Gasteiger partial charge in [0.2, 0.25) is 11.7 Å². The van der Waals surface area contributed by atoms with Crippen LogP contribution in [0.4, 0.5) is 0 Å². The summed E-state index contributed by atoms with van der Waals surface area (Å²) in [6, 6.07) is 0. The van der Waals surface area contributed by atoms with Gasteiger partial charge in [-0.2, -0.15) is 4.98 Å². The van der Waals surface area contributed by atoms with Crippen molar-refractivity contribution in [1.29, 1.82) is 0 Å². The number of aromatic nitrogens is 2. The zero-order valence-corrected chi connectivity index (χ0v) is 12.1. The Kier molecular flexibility index (Phi) is 4.33. The van der Waals surface area contributed by atoms with Gasteiger partial charge in [-0.25, -0.2) is 0 Å². The standard InChI is InChI=1S/C14H23N3O3/c1-2-19-14(5-8-18-9-6-14)13-16-12(20-17-13)11-4-3-7-15-10-11/h11,15H,2-10H2,1H3/t11-/m1/s1. The van der Waals surface area contributed by atoms with E-state index in [9.17, 15) is 0 Å². The van der Waals surface area contributed by atoms with Crippen LogP contribution in [0.5, 0.6) is 0 Å². The Bertz CT molecular complexity index is 418. The minimum atomic E-state index is -0.420. The maximum atomic E-state index is 5.98. The van der Waals surface area contributed by atoms with Crippen molar-refractivity contribution >= 4 is 0 Å². The van der Waals surface area contributed by atoms with E-state index in [4.69, 9.17) is 14.0 Å². The van der Waals surface area contributed by atoms with Crippen LogP contribution in [-0.4, -0.2) is 43.1 Å². The van der Waals surface area contributed by atoms with Gasteiger partial charge in [-0.3, -0.25) is 0 Å². The first kappa shape index (κ1) is 14.0. The van der Waals surface area contributed by atoms with Crippen LogP contribution in [0.15, 0.2) is 4.52 Å². The van der Waals surface area contributed by atoms with Gasteiger partial charge in [0.15, 0.2) is 0 Å². The van der Waals surface area contributed by atoms with Gasteiger partial charge in [-0.1, -0.05) is 5.16 Å². The highest BCUT2D eigenvalue weighted by Gasteiger charge is 2.40. The van der Waals surface area contributed by atoms with E-state index in [2.05, 4.69) is 15.5 Å². The Balaban J connectivity index is 1.79. The van der Waals surface area contributed by atoms with Crippen LogP contribution in [0.3, 0.4) is 0 Å². The molecule has 2 aliphatic heterocycles. The molecule has 0 spiro atoms. The zero-order chi connectivity index (χ0) is 13.8. The molecule has 112 valence electrons. The zero-order valence-electron chi connectivity index (χ0n) is 12.1. The summed E-state index contributed by atoms with van der Waals surface area (Å²) in [6.45, 7) is 6.03.